The molecule has 0 bridgehead atoms. The van der Waals surface area contributed by atoms with Crippen molar-refractivity contribution in [1.29, 1.82) is 0 Å². The van der Waals surface area contributed by atoms with Crippen LogP contribution in [0.4, 0.5) is 4.79 Å². The van der Waals surface area contributed by atoms with Gasteiger partial charge in [0.2, 0.25) is 10.0 Å². The van der Waals surface area contributed by atoms with E-state index in [0.29, 0.717) is 19.7 Å². The maximum atomic E-state index is 11.3. The number of rotatable bonds is 8. The van der Waals surface area contributed by atoms with Gasteiger partial charge >= 0.3 is 6.03 Å². The molecule has 2 amide bonds. The molecule has 0 saturated heterocycles. The van der Waals surface area contributed by atoms with Gasteiger partial charge in [-0.25, -0.2) is 18.4 Å². The first kappa shape index (κ1) is 17.4. The monoisotopic (exact) mass is 315 g/mol. The SMILES string of the molecule is COCCNC(=O)NCCCc1ccc(S(N)(=O)=O)cc1. The molecule has 0 aromatic heterocycles. The Morgan fingerprint density at radius 1 is 1.19 bits per heavy atom. The van der Waals surface area contributed by atoms with Gasteiger partial charge < -0.3 is 15.4 Å². The van der Waals surface area contributed by atoms with Crippen LogP contribution < -0.4 is 15.8 Å². The number of urea groups is 1. The Kier molecular flexibility index (Phi) is 7.13. The van der Waals surface area contributed by atoms with Gasteiger partial charge in [0.1, 0.15) is 0 Å². The number of hydrogen-bond acceptors (Lipinski definition) is 4. The largest absolute Gasteiger partial charge is 0.383 e. The van der Waals surface area contributed by atoms with Gasteiger partial charge in [0.05, 0.1) is 11.5 Å². The summed E-state index contributed by atoms with van der Waals surface area (Å²) in [6, 6.07) is 6.18. The minimum Gasteiger partial charge on any atom is -0.383 e. The number of primary sulfonamides is 1. The summed E-state index contributed by atoms with van der Waals surface area (Å²) in [7, 11) is -2.07. The van der Waals surface area contributed by atoms with Gasteiger partial charge in [-0.2, -0.15) is 0 Å². The number of nitrogens with two attached hydrogens (primary N) is 1. The molecule has 0 aliphatic heterocycles. The zero-order valence-electron chi connectivity index (χ0n) is 12.0. The van der Waals surface area contributed by atoms with Crippen molar-refractivity contribution in [3.8, 4) is 0 Å². The highest BCUT2D eigenvalue weighted by Gasteiger charge is 2.06. The van der Waals surface area contributed by atoms with Crippen molar-refractivity contribution in [2.75, 3.05) is 26.8 Å². The first-order valence-corrected chi connectivity index (χ1v) is 8.10. The fourth-order valence-corrected chi connectivity index (χ4v) is 2.18. The number of hydrogen-bond donors (Lipinski definition) is 3. The second kappa shape index (κ2) is 8.60. The molecule has 118 valence electrons. The smallest absolute Gasteiger partial charge is 0.314 e. The minimum absolute atomic E-state index is 0.0990. The number of carbonyl (C=O) groups is 1. The predicted octanol–water partition coefficient (Wildman–Crippen LogP) is 0.212. The highest BCUT2D eigenvalue weighted by atomic mass is 32.2. The van der Waals surface area contributed by atoms with Gasteiger partial charge in [0, 0.05) is 20.2 Å². The number of carbonyl (C=O) groups excluding carboxylic acids is 1. The van der Waals surface area contributed by atoms with Crippen molar-refractivity contribution < 1.29 is 17.9 Å². The van der Waals surface area contributed by atoms with E-state index in [1.54, 1.807) is 19.2 Å². The lowest BCUT2D eigenvalue weighted by Crippen LogP contribution is -2.37. The topological polar surface area (TPSA) is 111 Å². The lowest BCUT2D eigenvalue weighted by atomic mass is 10.1. The molecule has 0 heterocycles. The molecule has 0 unspecified atom stereocenters. The van der Waals surface area contributed by atoms with Crippen molar-refractivity contribution in [3.63, 3.8) is 0 Å². The third kappa shape index (κ3) is 7.07. The highest BCUT2D eigenvalue weighted by molar-refractivity contribution is 7.89. The van der Waals surface area contributed by atoms with Crippen LogP contribution in [0.25, 0.3) is 0 Å². The molecule has 1 aromatic rings. The molecule has 1 rings (SSSR count). The van der Waals surface area contributed by atoms with E-state index < -0.39 is 10.0 Å². The van der Waals surface area contributed by atoms with Crippen molar-refractivity contribution in [2.45, 2.75) is 17.7 Å². The van der Waals surface area contributed by atoms with Crippen molar-refractivity contribution in [2.24, 2.45) is 5.14 Å². The molecule has 0 radical (unpaired) electrons. The van der Waals surface area contributed by atoms with Crippen LogP contribution in [0.15, 0.2) is 29.2 Å². The van der Waals surface area contributed by atoms with Gasteiger partial charge in [-0.15, -0.1) is 0 Å². The Hall–Kier alpha value is -1.64. The molecule has 1 aromatic carbocycles. The number of ether oxygens (including phenoxy) is 1. The van der Waals surface area contributed by atoms with Crippen LogP contribution in [0, 0.1) is 0 Å². The van der Waals surface area contributed by atoms with Crippen LogP contribution in [0.3, 0.4) is 0 Å². The molecule has 0 spiro atoms. The Bertz CT molecular complexity index is 543. The number of amides is 2. The van der Waals surface area contributed by atoms with Gasteiger partial charge in [-0.05, 0) is 30.5 Å². The number of benzene rings is 1. The summed E-state index contributed by atoms with van der Waals surface area (Å²) < 4.78 is 27.0. The van der Waals surface area contributed by atoms with Gasteiger partial charge in [-0.1, -0.05) is 12.1 Å². The normalized spacial score (nSPS) is 11.1. The van der Waals surface area contributed by atoms with E-state index in [-0.39, 0.29) is 10.9 Å². The summed E-state index contributed by atoms with van der Waals surface area (Å²) in [4.78, 5) is 11.4. The summed E-state index contributed by atoms with van der Waals surface area (Å²) in [6.07, 6.45) is 1.50. The number of aryl methyl sites for hydroxylation is 1. The molecule has 0 aliphatic rings. The fraction of sp³-hybridized carbons (Fsp3) is 0.462. The van der Waals surface area contributed by atoms with Crippen LogP contribution in [0.1, 0.15) is 12.0 Å². The average Bonchev–Trinajstić information content (AvgIpc) is 2.43. The Balaban J connectivity index is 2.25. The zero-order chi connectivity index (χ0) is 15.7. The van der Waals surface area contributed by atoms with E-state index in [4.69, 9.17) is 9.88 Å². The molecule has 0 atom stereocenters. The average molecular weight is 315 g/mol. The van der Waals surface area contributed by atoms with Gasteiger partial charge in [0.25, 0.3) is 0 Å². The maximum absolute atomic E-state index is 11.3. The molecular formula is C13H21N3O4S. The summed E-state index contributed by atoms with van der Waals surface area (Å²) in [5, 5.41) is 10.4. The molecular weight excluding hydrogens is 294 g/mol. The minimum atomic E-state index is -3.64. The quantitative estimate of drug-likeness (QED) is 0.596. The summed E-state index contributed by atoms with van der Waals surface area (Å²) >= 11 is 0. The van der Waals surface area contributed by atoms with Crippen LogP contribution in [-0.4, -0.2) is 41.3 Å². The maximum Gasteiger partial charge on any atom is 0.314 e. The zero-order valence-corrected chi connectivity index (χ0v) is 12.8. The molecule has 4 N–H and O–H groups in total. The summed E-state index contributed by atoms with van der Waals surface area (Å²) in [5.74, 6) is 0. The second-order valence-electron chi connectivity index (χ2n) is 4.47. The first-order valence-electron chi connectivity index (χ1n) is 6.56. The second-order valence-corrected chi connectivity index (χ2v) is 6.03. The Labute approximate surface area is 124 Å². The van der Waals surface area contributed by atoms with Crippen LogP contribution >= 0.6 is 0 Å². The molecule has 0 fully saturated rings. The summed E-state index contributed by atoms with van der Waals surface area (Å²) in [5.41, 5.74) is 0.990. The van der Waals surface area contributed by atoms with E-state index in [1.165, 1.54) is 12.1 Å². The van der Waals surface area contributed by atoms with Crippen LogP contribution in [0.5, 0.6) is 0 Å². The van der Waals surface area contributed by atoms with Crippen molar-refractivity contribution in [3.05, 3.63) is 29.8 Å². The molecule has 21 heavy (non-hydrogen) atoms. The number of nitrogens with one attached hydrogen (secondary N) is 2. The highest BCUT2D eigenvalue weighted by Crippen LogP contribution is 2.09. The predicted molar refractivity (Wildman–Crippen MR) is 79.4 cm³/mol. The van der Waals surface area contributed by atoms with Gasteiger partial charge in [0.15, 0.2) is 0 Å². The van der Waals surface area contributed by atoms with E-state index in [2.05, 4.69) is 10.6 Å². The standard InChI is InChI=1S/C13H21N3O4S/c1-20-10-9-16-13(17)15-8-2-3-11-4-6-12(7-5-11)21(14,18)19/h4-7H,2-3,8-10H2,1H3,(H2,14,18,19)(H2,15,16,17). The molecule has 0 saturated carbocycles. The molecule has 8 heteroatoms. The van der Waals surface area contributed by atoms with Crippen molar-refractivity contribution in [1.82, 2.24) is 10.6 Å². The molecule has 0 aliphatic carbocycles. The lowest BCUT2D eigenvalue weighted by molar-refractivity contribution is 0.196. The Morgan fingerprint density at radius 3 is 2.38 bits per heavy atom. The van der Waals surface area contributed by atoms with Crippen molar-refractivity contribution >= 4 is 16.1 Å². The number of sulfonamides is 1. The van der Waals surface area contributed by atoms with Gasteiger partial charge in [-0.3, -0.25) is 0 Å². The third-order valence-electron chi connectivity index (χ3n) is 2.77. The van der Waals surface area contributed by atoms with Crippen LogP contribution in [-0.2, 0) is 21.2 Å². The van der Waals surface area contributed by atoms with E-state index in [0.717, 1.165) is 18.4 Å². The van der Waals surface area contributed by atoms with E-state index in [1.807, 2.05) is 0 Å². The lowest BCUT2D eigenvalue weighted by Gasteiger charge is -2.07. The third-order valence-corrected chi connectivity index (χ3v) is 3.70. The summed E-state index contributed by atoms with van der Waals surface area (Å²) in [6.45, 7) is 1.48. The fourth-order valence-electron chi connectivity index (χ4n) is 1.67. The van der Waals surface area contributed by atoms with E-state index in [9.17, 15) is 13.2 Å². The van der Waals surface area contributed by atoms with E-state index >= 15 is 0 Å². The van der Waals surface area contributed by atoms with Crippen LogP contribution in [0.2, 0.25) is 0 Å². The first-order chi connectivity index (χ1) is 9.93. The molecule has 7 nitrogen and oxygen atoms in total. The Morgan fingerprint density at radius 2 is 1.81 bits per heavy atom. The number of methoxy groups -OCH3 is 1.